The molecular formula is C32H48F2N4O6. The highest BCUT2D eigenvalue weighted by Crippen LogP contribution is 2.39. The van der Waals surface area contributed by atoms with Crippen LogP contribution in [0.1, 0.15) is 85.6 Å². The van der Waals surface area contributed by atoms with Crippen LogP contribution in [0.4, 0.5) is 23.2 Å². The Kier molecular flexibility index (Phi) is 10.3. The molecule has 0 aliphatic carbocycles. The Morgan fingerprint density at radius 3 is 1.84 bits per heavy atom. The molecule has 4 bridgehead atoms. The van der Waals surface area contributed by atoms with Crippen molar-refractivity contribution in [2.45, 2.75) is 146 Å². The lowest BCUT2D eigenvalue weighted by Gasteiger charge is -2.41. The topological polar surface area (TPSA) is 123 Å². The molecule has 8 atom stereocenters. The maximum absolute atomic E-state index is 15.0. The summed E-state index contributed by atoms with van der Waals surface area (Å²) in [6.45, 7) is 10.9. The van der Waals surface area contributed by atoms with Crippen molar-refractivity contribution >= 4 is 18.3 Å². The van der Waals surface area contributed by atoms with E-state index < -0.39 is 66.0 Å². The molecule has 4 aliphatic heterocycles. The summed E-state index contributed by atoms with van der Waals surface area (Å²) in [6.07, 6.45) is -0.296. The van der Waals surface area contributed by atoms with Crippen LogP contribution in [0.5, 0.6) is 0 Å². The predicted octanol–water partition coefficient (Wildman–Crippen LogP) is 5.61. The van der Waals surface area contributed by atoms with Gasteiger partial charge in [-0.25, -0.2) is 23.2 Å². The quantitative estimate of drug-likeness (QED) is 0.420. The first kappa shape index (κ1) is 33.7. The molecule has 3 amide bonds. The number of fused-ring (bicyclic) bond motifs is 4. The summed E-state index contributed by atoms with van der Waals surface area (Å²) < 4.78 is 44.9. The fourth-order valence-corrected chi connectivity index (χ4v) is 6.59. The Morgan fingerprint density at radius 1 is 0.818 bits per heavy atom. The van der Waals surface area contributed by atoms with Crippen molar-refractivity contribution in [2.75, 3.05) is 0 Å². The second-order valence-electron chi connectivity index (χ2n) is 14.2. The molecule has 12 heteroatoms. The number of amides is 3. The van der Waals surface area contributed by atoms with Crippen LogP contribution in [0.25, 0.3) is 0 Å². The van der Waals surface area contributed by atoms with Gasteiger partial charge in [0, 0.05) is 18.1 Å². The molecule has 0 spiro atoms. The lowest BCUT2D eigenvalue weighted by molar-refractivity contribution is -0.0135. The summed E-state index contributed by atoms with van der Waals surface area (Å²) in [5, 5.41) is 2.63. The third-order valence-electron chi connectivity index (χ3n) is 8.42. The molecule has 0 saturated carbocycles. The second-order valence-corrected chi connectivity index (χ2v) is 14.2. The summed E-state index contributed by atoms with van der Waals surface area (Å²) in [7, 11) is 0. The van der Waals surface area contributed by atoms with Gasteiger partial charge in [0.15, 0.2) is 0 Å². The van der Waals surface area contributed by atoms with Crippen LogP contribution in [-0.2, 0) is 20.8 Å². The number of halogens is 2. The van der Waals surface area contributed by atoms with Crippen molar-refractivity contribution in [2.24, 2.45) is 5.73 Å². The van der Waals surface area contributed by atoms with E-state index in [1.807, 2.05) is 51.1 Å². The van der Waals surface area contributed by atoms with Crippen molar-refractivity contribution in [3.63, 3.8) is 0 Å². The number of carbonyl (C=O) groups excluding carboxylic acids is 3. The monoisotopic (exact) mass is 622 g/mol. The highest BCUT2D eigenvalue weighted by molar-refractivity contribution is 5.71. The summed E-state index contributed by atoms with van der Waals surface area (Å²) in [4.78, 5) is 39.6. The van der Waals surface area contributed by atoms with Gasteiger partial charge in [0.2, 0.25) is 0 Å². The Morgan fingerprint density at radius 2 is 1.32 bits per heavy atom. The molecular weight excluding hydrogens is 574 g/mol. The van der Waals surface area contributed by atoms with Gasteiger partial charge in [0.25, 0.3) is 0 Å². The van der Waals surface area contributed by atoms with Crippen LogP contribution in [0, 0.1) is 0 Å². The number of nitrogens with one attached hydrogen (secondary N) is 1. The maximum atomic E-state index is 15.0. The van der Waals surface area contributed by atoms with Crippen LogP contribution in [-0.4, -0.2) is 87.9 Å². The number of carbonyl (C=O) groups is 3. The van der Waals surface area contributed by atoms with Gasteiger partial charge in [-0.3, -0.25) is 9.80 Å². The van der Waals surface area contributed by atoms with E-state index >= 15 is 0 Å². The maximum Gasteiger partial charge on any atom is 0.410 e. The third-order valence-corrected chi connectivity index (χ3v) is 8.42. The lowest BCUT2D eigenvalue weighted by Crippen LogP contribution is -2.60. The van der Waals surface area contributed by atoms with Crippen molar-refractivity contribution in [3.8, 4) is 0 Å². The molecule has 246 valence electrons. The van der Waals surface area contributed by atoms with E-state index in [-0.39, 0.29) is 18.7 Å². The molecule has 0 radical (unpaired) electrons. The van der Waals surface area contributed by atoms with Gasteiger partial charge >= 0.3 is 18.3 Å². The highest BCUT2D eigenvalue weighted by Gasteiger charge is 2.52. The Labute approximate surface area is 258 Å². The summed E-state index contributed by atoms with van der Waals surface area (Å²) >= 11 is 0. The molecule has 3 N–H and O–H groups in total. The fourth-order valence-electron chi connectivity index (χ4n) is 6.59. The van der Waals surface area contributed by atoms with E-state index in [4.69, 9.17) is 19.9 Å². The van der Waals surface area contributed by atoms with Gasteiger partial charge < -0.3 is 25.3 Å². The van der Waals surface area contributed by atoms with E-state index in [1.165, 1.54) is 4.90 Å². The average Bonchev–Trinajstić information content (AvgIpc) is 3.46. The predicted molar refractivity (Wildman–Crippen MR) is 160 cm³/mol. The van der Waals surface area contributed by atoms with E-state index in [9.17, 15) is 23.2 Å². The van der Waals surface area contributed by atoms with Crippen LogP contribution < -0.4 is 11.1 Å². The Hall–Kier alpha value is -3.15. The minimum atomic E-state index is -1.35. The number of ether oxygens (including phenoxy) is 3. The zero-order valence-electron chi connectivity index (χ0n) is 26.6. The number of nitrogens with two attached hydrogens (primary N) is 1. The number of hydrogen-bond acceptors (Lipinski definition) is 7. The summed E-state index contributed by atoms with van der Waals surface area (Å²) in [6, 6.07) is 7.16. The molecule has 4 heterocycles. The first-order valence-electron chi connectivity index (χ1n) is 15.6. The van der Waals surface area contributed by atoms with E-state index in [0.29, 0.717) is 32.1 Å². The normalized spacial score (nSPS) is 31.0. The van der Waals surface area contributed by atoms with Crippen LogP contribution in [0.15, 0.2) is 30.3 Å². The van der Waals surface area contributed by atoms with Crippen molar-refractivity contribution in [3.05, 3.63) is 35.9 Å². The van der Waals surface area contributed by atoms with Crippen molar-refractivity contribution in [1.29, 1.82) is 0 Å². The number of alkyl carbamates (subject to hydrolysis) is 1. The average molecular weight is 623 g/mol. The van der Waals surface area contributed by atoms with Gasteiger partial charge in [-0.2, -0.15) is 0 Å². The van der Waals surface area contributed by atoms with Crippen LogP contribution >= 0.6 is 0 Å². The number of rotatable bonds is 3. The number of nitrogens with zero attached hydrogens (tertiary/aromatic N) is 2. The first-order valence-corrected chi connectivity index (χ1v) is 15.6. The van der Waals surface area contributed by atoms with Crippen molar-refractivity contribution < 1.29 is 37.4 Å². The van der Waals surface area contributed by atoms with Gasteiger partial charge in [-0.05, 0) is 85.6 Å². The standard InChI is InChI=1S/C20H27FN2O4.C12H21FN2O2/c1-20(2,3)27-19(25)23-14-9-10-16(23)17(21)15(11-14)22-18(24)26-12-13-7-5-4-6-8-13;1-12(2,3)17-11(16)15-7-4-5-9(15)10(13)8(14)6-7/h4-8,14-17H,9-12H2,1-3H3,(H,22,24);7-10H,4-6,14H2,1-3H3/t14-,15+,16+,17+;7-,8+,9+,10+/m11/s1. The Balaban J connectivity index is 0.000000223. The third kappa shape index (κ3) is 8.31. The molecule has 4 fully saturated rings. The zero-order chi connectivity index (χ0) is 32.4. The minimum Gasteiger partial charge on any atom is -0.445 e. The molecule has 44 heavy (non-hydrogen) atoms. The lowest BCUT2D eigenvalue weighted by atomic mass is 9.96. The molecule has 0 unspecified atom stereocenters. The second kappa shape index (κ2) is 13.5. The largest absolute Gasteiger partial charge is 0.445 e. The van der Waals surface area contributed by atoms with Crippen molar-refractivity contribution in [1.82, 2.24) is 15.1 Å². The van der Waals surface area contributed by atoms with Gasteiger partial charge in [0.1, 0.15) is 30.2 Å². The smallest absolute Gasteiger partial charge is 0.410 e. The fraction of sp³-hybridized carbons (Fsp3) is 0.719. The first-order chi connectivity index (χ1) is 20.5. The van der Waals surface area contributed by atoms with Gasteiger partial charge in [0.05, 0.1) is 18.1 Å². The molecule has 5 rings (SSSR count). The Bertz CT molecular complexity index is 1160. The molecule has 1 aromatic carbocycles. The summed E-state index contributed by atoms with van der Waals surface area (Å²) in [5.41, 5.74) is 5.43. The molecule has 10 nitrogen and oxygen atoms in total. The molecule has 1 aromatic rings. The van der Waals surface area contributed by atoms with Crippen LogP contribution in [0.2, 0.25) is 0 Å². The number of hydrogen-bond donors (Lipinski definition) is 2. The molecule has 4 aliphatic rings. The highest BCUT2D eigenvalue weighted by atomic mass is 19.1. The van der Waals surface area contributed by atoms with E-state index in [2.05, 4.69) is 5.32 Å². The number of benzene rings is 1. The number of alkyl halides is 2. The zero-order valence-corrected chi connectivity index (χ0v) is 26.6. The van der Waals surface area contributed by atoms with E-state index in [0.717, 1.165) is 12.0 Å². The van der Waals surface area contributed by atoms with Gasteiger partial charge in [-0.1, -0.05) is 30.3 Å². The molecule has 4 saturated heterocycles. The minimum absolute atomic E-state index is 0.0526. The number of piperidine rings is 2. The molecule has 0 aromatic heterocycles. The SMILES string of the molecule is CC(C)(C)OC(=O)N1[C@@H]2CC[C@H]1[C@@H](F)[C@@H](N)C2.CC(C)(C)OC(=O)N1[C@@H]2CC[C@H]1[C@@H](F)[C@@H](NC(=O)OCc1ccccc1)C2. The van der Waals surface area contributed by atoms with E-state index in [1.54, 1.807) is 25.7 Å². The van der Waals surface area contributed by atoms with Gasteiger partial charge in [-0.15, -0.1) is 0 Å². The van der Waals surface area contributed by atoms with Crippen LogP contribution in [0.3, 0.4) is 0 Å². The summed E-state index contributed by atoms with van der Waals surface area (Å²) in [5.74, 6) is 0.